The molecule has 1 saturated heterocycles. The normalized spacial score (nSPS) is 16.2. The highest BCUT2D eigenvalue weighted by Gasteiger charge is 2.30. The molecule has 1 heterocycles. The van der Waals surface area contributed by atoms with Crippen molar-refractivity contribution in [3.8, 4) is 0 Å². The van der Waals surface area contributed by atoms with E-state index in [9.17, 15) is 18.0 Å². The van der Waals surface area contributed by atoms with Gasteiger partial charge in [0.25, 0.3) is 0 Å². The molecule has 1 aliphatic rings. The molecule has 1 aromatic rings. The summed E-state index contributed by atoms with van der Waals surface area (Å²) in [5, 5.41) is 2.91. The van der Waals surface area contributed by atoms with E-state index in [-0.39, 0.29) is 31.4 Å². The first-order valence-electron chi connectivity index (χ1n) is 5.61. The van der Waals surface area contributed by atoms with Crippen LogP contribution in [0.25, 0.3) is 0 Å². The summed E-state index contributed by atoms with van der Waals surface area (Å²) in [4.78, 5) is 13.1. The summed E-state index contributed by atoms with van der Waals surface area (Å²) in [6.45, 7) is 1.67. The predicted molar refractivity (Wildman–Crippen MR) is 67.0 cm³/mol. The Kier molecular flexibility index (Phi) is 5.20. The molecule has 0 bridgehead atoms. The van der Waals surface area contributed by atoms with Gasteiger partial charge < -0.3 is 10.2 Å². The van der Waals surface area contributed by atoms with Gasteiger partial charge in [-0.05, 0) is 17.7 Å². The van der Waals surface area contributed by atoms with E-state index in [1.165, 1.54) is 6.07 Å². The number of rotatable bonds is 2. The lowest BCUT2D eigenvalue weighted by atomic mass is 10.1. The molecule has 106 valence electrons. The van der Waals surface area contributed by atoms with Crippen molar-refractivity contribution in [3.63, 3.8) is 0 Å². The second kappa shape index (κ2) is 6.25. The first-order chi connectivity index (χ1) is 8.47. The lowest BCUT2D eigenvalue weighted by Gasteiger charge is -2.27. The van der Waals surface area contributed by atoms with Gasteiger partial charge in [0.2, 0.25) is 5.91 Å². The second-order valence-corrected chi connectivity index (χ2v) is 4.19. The van der Waals surface area contributed by atoms with E-state index in [1.54, 1.807) is 11.0 Å². The fourth-order valence-electron chi connectivity index (χ4n) is 1.88. The van der Waals surface area contributed by atoms with Crippen molar-refractivity contribution in [1.29, 1.82) is 0 Å². The summed E-state index contributed by atoms with van der Waals surface area (Å²) in [7, 11) is 0. The molecular formula is C12H14ClF3N2O. The zero-order valence-electron chi connectivity index (χ0n) is 10.0. The highest BCUT2D eigenvalue weighted by atomic mass is 35.5. The highest BCUT2D eigenvalue weighted by Crippen LogP contribution is 2.29. The monoisotopic (exact) mass is 294 g/mol. The molecule has 2 rings (SSSR count). The Morgan fingerprint density at radius 1 is 1.32 bits per heavy atom. The maximum absolute atomic E-state index is 12.5. The van der Waals surface area contributed by atoms with E-state index in [0.29, 0.717) is 18.7 Å². The van der Waals surface area contributed by atoms with E-state index in [4.69, 9.17) is 0 Å². The maximum atomic E-state index is 12.5. The zero-order chi connectivity index (χ0) is 13.2. The quantitative estimate of drug-likeness (QED) is 0.905. The Balaban J connectivity index is 0.00000180. The van der Waals surface area contributed by atoms with Crippen LogP contribution in [0.2, 0.25) is 0 Å². The van der Waals surface area contributed by atoms with Crippen molar-refractivity contribution in [1.82, 2.24) is 10.2 Å². The Morgan fingerprint density at radius 2 is 2.05 bits per heavy atom. The number of amides is 1. The average molecular weight is 295 g/mol. The van der Waals surface area contributed by atoms with Gasteiger partial charge in [0, 0.05) is 19.6 Å². The van der Waals surface area contributed by atoms with Crippen LogP contribution in [0.1, 0.15) is 11.1 Å². The predicted octanol–water partition coefficient (Wildman–Crippen LogP) is 2.06. The van der Waals surface area contributed by atoms with Crippen molar-refractivity contribution < 1.29 is 18.0 Å². The summed E-state index contributed by atoms with van der Waals surface area (Å²) >= 11 is 0. The fourth-order valence-corrected chi connectivity index (χ4v) is 1.88. The standard InChI is InChI=1S/C12H13F3N2O.ClH/c13-12(14,15)10-3-1-2-9(6-10)8-17-5-4-16-7-11(17)18;/h1-3,6,16H,4-5,7-8H2;1H. The third kappa shape index (κ3) is 4.11. The average Bonchev–Trinajstić information content (AvgIpc) is 2.31. The Hall–Kier alpha value is -1.27. The van der Waals surface area contributed by atoms with Crippen molar-refractivity contribution in [2.75, 3.05) is 19.6 Å². The second-order valence-electron chi connectivity index (χ2n) is 4.19. The number of hydrogen-bond acceptors (Lipinski definition) is 2. The fraction of sp³-hybridized carbons (Fsp3) is 0.417. The van der Waals surface area contributed by atoms with Gasteiger partial charge in [-0.3, -0.25) is 4.79 Å². The number of carbonyl (C=O) groups is 1. The number of hydrogen-bond donors (Lipinski definition) is 1. The molecule has 7 heteroatoms. The minimum atomic E-state index is -4.34. The summed E-state index contributed by atoms with van der Waals surface area (Å²) in [6, 6.07) is 5.09. The van der Waals surface area contributed by atoms with E-state index in [1.807, 2.05) is 0 Å². The number of halogens is 4. The van der Waals surface area contributed by atoms with Gasteiger partial charge in [-0.1, -0.05) is 12.1 Å². The number of piperazine rings is 1. The van der Waals surface area contributed by atoms with Crippen LogP contribution in [-0.4, -0.2) is 30.4 Å². The Labute approximate surface area is 115 Å². The molecule has 1 amide bonds. The summed E-state index contributed by atoms with van der Waals surface area (Å²) in [5.41, 5.74) is -0.178. The smallest absolute Gasteiger partial charge is 0.336 e. The van der Waals surface area contributed by atoms with E-state index in [2.05, 4.69) is 5.32 Å². The van der Waals surface area contributed by atoms with Gasteiger partial charge >= 0.3 is 6.18 Å². The molecule has 0 aliphatic carbocycles. The van der Waals surface area contributed by atoms with Gasteiger partial charge in [-0.2, -0.15) is 13.2 Å². The molecular weight excluding hydrogens is 281 g/mol. The Morgan fingerprint density at radius 3 is 2.68 bits per heavy atom. The van der Waals surface area contributed by atoms with E-state index >= 15 is 0 Å². The maximum Gasteiger partial charge on any atom is 0.416 e. The number of nitrogens with one attached hydrogen (secondary N) is 1. The lowest BCUT2D eigenvalue weighted by Crippen LogP contribution is -2.47. The van der Waals surface area contributed by atoms with Crippen molar-refractivity contribution in [3.05, 3.63) is 35.4 Å². The first-order valence-corrected chi connectivity index (χ1v) is 5.61. The molecule has 0 unspecified atom stereocenters. The summed E-state index contributed by atoms with van der Waals surface area (Å²) in [6.07, 6.45) is -4.34. The van der Waals surface area contributed by atoms with Crippen molar-refractivity contribution in [2.45, 2.75) is 12.7 Å². The molecule has 3 nitrogen and oxygen atoms in total. The molecule has 1 aliphatic heterocycles. The van der Waals surface area contributed by atoms with Crippen LogP contribution < -0.4 is 5.32 Å². The molecule has 1 aromatic carbocycles. The topological polar surface area (TPSA) is 32.3 Å². The van der Waals surface area contributed by atoms with E-state index < -0.39 is 11.7 Å². The van der Waals surface area contributed by atoms with Crippen LogP contribution in [0, 0.1) is 0 Å². The zero-order valence-corrected chi connectivity index (χ0v) is 10.9. The molecule has 1 N–H and O–H groups in total. The lowest BCUT2D eigenvalue weighted by molar-refractivity contribution is -0.137. The van der Waals surface area contributed by atoms with Gasteiger partial charge in [-0.15, -0.1) is 12.4 Å². The Bertz CT molecular complexity index is 451. The van der Waals surface area contributed by atoms with Crippen LogP contribution in [0.4, 0.5) is 13.2 Å². The third-order valence-corrected chi connectivity index (χ3v) is 2.82. The van der Waals surface area contributed by atoms with Crippen LogP contribution in [-0.2, 0) is 17.5 Å². The summed E-state index contributed by atoms with van der Waals surface area (Å²) in [5.74, 6) is -0.0846. The van der Waals surface area contributed by atoms with Crippen LogP contribution in [0.15, 0.2) is 24.3 Å². The largest absolute Gasteiger partial charge is 0.416 e. The summed E-state index contributed by atoms with van der Waals surface area (Å²) < 4.78 is 37.6. The molecule has 0 aromatic heterocycles. The van der Waals surface area contributed by atoms with Crippen molar-refractivity contribution >= 4 is 18.3 Å². The number of nitrogens with zero attached hydrogens (tertiary/aromatic N) is 1. The van der Waals surface area contributed by atoms with Gasteiger partial charge in [-0.25, -0.2) is 0 Å². The van der Waals surface area contributed by atoms with Crippen LogP contribution in [0.3, 0.4) is 0 Å². The minimum absolute atomic E-state index is 0. The van der Waals surface area contributed by atoms with E-state index in [0.717, 1.165) is 12.1 Å². The molecule has 0 saturated carbocycles. The number of carbonyl (C=O) groups excluding carboxylic acids is 1. The van der Waals surface area contributed by atoms with Crippen molar-refractivity contribution in [2.24, 2.45) is 0 Å². The number of alkyl halides is 3. The van der Waals surface area contributed by atoms with Crippen LogP contribution >= 0.6 is 12.4 Å². The minimum Gasteiger partial charge on any atom is -0.336 e. The molecule has 1 fully saturated rings. The first kappa shape index (κ1) is 15.8. The molecule has 0 atom stereocenters. The SMILES string of the molecule is Cl.O=C1CNCCN1Cc1cccc(C(F)(F)F)c1. The number of benzene rings is 1. The molecule has 0 radical (unpaired) electrons. The van der Waals surface area contributed by atoms with Gasteiger partial charge in [0.05, 0.1) is 12.1 Å². The van der Waals surface area contributed by atoms with Crippen LogP contribution in [0.5, 0.6) is 0 Å². The highest BCUT2D eigenvalue weighted by molar-refractivity contribution is 5.85. The van der Waals surface area contributed by atoms with Gasteiger partial charge in [0.15, 0.2) is 0 Å². The van der Waals surface area contributed by atoms with Gasteiger partial charge in [0.1, 0.15) is 0 Å². The molecule has 0 spiro atoms. The molecule has 19 heavy (non-hydrogen) atoms. The third-order valence-electron chi connectivity index (χ3n) is 2.82.